The van der Waals surface area contributed by atoms with Crippen LogP contribution in [0.3, 0.4) is 0 Å². The minimum atomic E-state index is -0.166. The smallest absolute Gasteiger partial charge is 0.222 e. The highest BCUT2D eigenvalue weighted by Crippen LogP contribution is 2.43. The van der Waals surface area contributed by atoms with Crippen LogP contribution in [0, 0.1) is 0 Å². The second-order valence-electron chi connectivity index (χ2n) is 7.92. The highest BCUT2D eigenvalue weighted by Gasteiger charge is 2.29. The largest absolute Gasteiger partial charge is 0.497 e. The van der Waals surface area contributed by atoms with Gasteiger partial charge in [-0.25, -0.2) is 9.50 Å². The van der Waals surface area contributed by atoms with Gasteiger partial charge in [0.1, 0.15) is 16.5 Å². The fourth-order valence-corrected chi connectivity index (χ4v) is 4.95. The third kappa shape index (κ3) is 3.70. The molecule has 0 atom stereocenters. The summed E-state index contributed by atoms with van der Waals surface area (Å²) in [5, 5.41) is 8.71. The minimum Gasteiger partial charge on any atom is -0.497 e. The zero-order chi connectivity index (χ0) is 23.1. The molecule has 4 aromatic rings. The number of aromatic nitrogens is 3. The van der Waals surface area contributed by atoms with Crippen molar-refractivity contribution in [1.29, 1.82) is 0 Å². The molecular formula is C25H24N4O3S. The molecule has 1 aliphatic carbocycles. The molecule has 7 nitrogen and oxygen atoms in total. The summed E-state index contributed by atoms with van der Waals surface area (Å²) in [6.45, 7) is 1.49. The SMILES string of the molecule is COc1ccc(Cc2c(NC(C)=O)nn3c4c(c(SC)nc23)Cc2cc(OC)ccc2-4)cc1. The average molecular weight is 461 g/mol. The van der Waals surface area contributed by atoms with E-state index in [2.05, 4.69) is 17.4 Å². The van der Waals surface area contributed by atoms with Crippen LogP contribution in [-0.2, 0) is 17.6 Å². The lowest BCUT2D eigenvalue weighted by atomic mass is 10.1. The number of amides is 1. The van der Waals surface area contributed by atoms with Crippen molar-refractivity contribution in [2.45, 2.75) is 24.8 Å². The highest BCUT2D eigenvalue weighted by atomic mass is 32.2. The maximum Gasteiger partial charge on any atom is 0.222 e. The molecule has 5 rings (SSSR count). The van der Waals surface area contributed by atoms with Crippen LogP contribution in [-0.4, -0.2) is 41.0 Å². The van der Waals surface area contributed by atoms with E-state index in [9.17, 15) is 4.79 Å². The number of hydrogen-bond acceptors (Lipinski definition) is 6. The molecule has 2 aromatic heterocycles. The van der Waals surface area contributed by atoms with Gasteiger partial charge in [-0.3, -0.25) is 4.79 Å². The lowest BCUT2D eigenvalue weighted by Crippen LogP contribution is -2.08. The van der Waals surface area contributed by atoms with E-state index < -0.39 is 0 Å². The molecule has 0 bridgehead atoms. The van der Waals surface area contributed by atoms with E-state index in [-0.39, 0.29) is 5.91 Å². The van der Waals surface area contributed by atoms with Gasteiger partial charge >= 0.3 is 0 Å². The fourth-order valence-electron chi connectivity index (χ4n) is 4.35. The van der Waals surface area contributed by atoms with Crippen molar-refractivity contribution in [3.63, 3.8) is 0 Å². The van der Waals surface area contributed by atoms with Crippen molar-refractivity contribution < 1.29 is 14.3 Å². The molecule has 1 amide bonds. The van der Waals surface area contributed by atoms with Crippen LogP contribution in [0.15, 0.2) is 47.5 Å². The summed E-state index contributed by atoms with van der Waals surface area (Å²) in [7, 11) is 3.33. The van der Waals surface area contributed by atoms with Crippen LogP contribution in [0.25, 0.3) is 16.9 Å². The van der Waals surface area contributed by atoms with Crippen molar-refractivity contribution in [1.82, 2.24) is 14.6 Å². The average Bonchev–Trinajstić information content (AvgIpc) is 3.36. The van der Waals surface area contributed by atoms with Gasteiger partial charge in [0.2, 0.25) is 5.91 Å². The molecule has 8 heteroatoms. The third-order valence-corrected chi connectivity index (χ3v) is 6.61. The van der Waals surface area contributed by atoms with E-state index in [0.717, 1.165) is 56.5 Å². The summed E-state index contributed by atoms with van der Waals surface area (Å²) in [6.07, 6.45) is 3.39. The van der Waals surface area contributed by atoms with Crippen molar-refractivity contribution in [3.05, 3.63) is 64.7 Å². The standard InChI is InChI=1S/C25H24N4O3S/c1-14(30)26-23-21(11-15-5-7-17(31-2)8-6-15)24-27-25(33-4)20-13-16-12-18(32-3)9-10-19(16)22(20)29(24)28-23/h5-10,12H,11,13H2,1-4H3,(H,26,28,30). The molecule has 168 valence electrons. The quantitative estimate of drug-likeness (QED) is 0.295. The number of nitrogens with zero attached hydrogens (tertiary/aromatic N) is 3. The molecule has 0 saturated heterocycles. The van der Waals surface area contributed by atoms with Gasteiger partial charge in [-0.15, -0.1) is 16.9 Å². The number of hydrogen-bond donors (Lipinski definition) is 1. The molecule has 1 N–H and O–H groups in total. The summed E-state index contributed by atoms with van der Waals surface area (Å²) in [6, 6.07) is 14.0. The number of benzene rings is 2. The molecule has 0 unspecified atom stereocenters. The van der Waals surface area contributed by atoms with Gasteiger partial charge in [0.05, 0.1) is 19.9 Å². The number of thioether (sulfide) groups is 1. The molecule has 0 fully saturated rings. The van der Waals surface area contributed by atoms with Crippen LogP contribution < -0.4 is 14.8 Å². The van der Waals surface area contributed by atoms with E-state index in [1.54, 1.807) is 26.0 Å². The third-order valence-electron chi connectivity index (χ3n) is 5.88. The Kier molecular flexibility index (Phi) is 5.46. The van der Waals surface area contributed by atoms with Crippen LogP contribution in [0.5, 0.6) is 11.5 Å². The normalized spacial score (nSPS) is 11.9. The maximum absolute atomic E-state index is 12.0. The summed E-state index contributed by atoms with van der Waals surface area (Å²) < 4.78 is 12.6. The van der Waals surface area contributed by atoms with Gasteiger partial charge in [0.15, 0.2) is 11.5 Å². The molecular weight excluding hydrogens is 436 g/mol. The molecule has 0 spiro atoms. The Bertz CT molecular complexity index is 1380. The van der Waals surface area contributed by atoms with Gasteiger partial charge in [-0.1, -0.05) is 12.1 Å². The first-order valence-corrected chi connectivity index (χ1v) is 11.8. The number of fused-ring (bicyclic) bond motifs is 5. The van der Waals surface area contributed by atoms with Gasteiger partial charge in [-0.2, -0.15) is 0 Å². The van der Waals surface area contributed by atoms with Crippen LogP contribution in [0.2, 0.25) is 0 Å². The monoisotopic (exact) mass is 460 g/mol. The molecule has 2 aromatic carbocycles. The predicted octanol–water partition coefficient (Wildman–Crippen LogP) is 4.59. The van der Waals surface area contributed by atoms with E-state index in [1.807, 2.05) is 41.1 Å². The Morgan fingerprint density at radius 3 is 2.52 bits per heavy atom. The van der Waals surface area contributed by atoms with Crippen molar-refractivity contribution in [3.8, 4) is 22.8 Å². The summed E-state index contributed by atoms with van der Waals surface area (Å²) in [5.41, 5.74) is 7.18. The molecule has 0 radical (unpaired) electrons. The van der Waals surface area contributed by atoms with Crippen molar-refractivity contribution >= 4 is 29.1 Å². The van der Waals surface area contributed by atoms with Crippen molar-refractivity contribution in [2.24, 2.45) is 0 Å². The molecule has 0 aliphatic heterocycles. The number of carbonyl (C=O) groups is 1. The Morgan fingerprint density at radius 2 is 1.85 bits per heavy atom. The predicted molar refractivity (Wildman–Crippen MR) is 130 cm³/mol. The zero-order valence-corrected chi connectivity index (χ0v) is 19.7. The van der Waals surface area contributed by atoms with E-state index in [4.69, 9.17) is 19.6 Å². The number of nitrogens with one attached hydrogen (secondary N) is 1. The van der Waals surface area contributed by atoms with Gasteiger partial charge in [0, 0.05) is 36.5 Å². The Balaban J connectivity index is 1.72. The molecule has 0 saturated carbocycles. The van der Waals surface area contributed by atoms with Gasteiger partial charge < -0.3 is 14.8 Å². The Morgan fingerprint density at radius 1 is 1.12 bits per heavy atom. The van der Waals surface area contributed by atoms with Crippen LogP contribution in [0.4, 0.5) is 5.82 Å². The number of ether oxygens (including phenoxy) is 2. The Labute approximate surface area is 196 Å². The summed E-state index contributed by atoms with van der Waals surface area (Å²) in [5.74, 6) is 2.00. The van der Waals surface area contributed by atoms with E-state index in [0.29, 0.717) is 12.2 Å². The van der Waals surface area contributed by atoms with Crippen LogP contribution in [0.1, 0.15) is 29.2 Å². The van der Waals surface area contributed by atoms with E-state index in [1.165, 1.54) is 12.5 Å². The first-order chi connectivity index (χ1) is 16.0. The lowest BCUT2D eigenvalue weighted by Gasteiger charge is -2.09. The van der Waals surface area contributed by atoms with Gasteiger partial charge in [0.25, 0.3) is 0 Å². The van der Waals surface area contributed by atoms with Crippen molar-refractivity contribution in [2.75, 3.05) is 25.8 Å². The topological polar surface area (TPSA) is 77.8 Å². The van der Waals surface area contributed by atoms with Crippen LogP contribution >= 0.6 is 11.8 Å². The first-order valence-electron chi connectivity index (χ1n) is 10.6. The molecule has 33 heavy (non-hydrogen) atoms. The summed E-state index contributed by atoms with van der Waals surface area (Å²) >= 11 is 1.63. The zero-order valence-electron chi connectivity index (χ0n) is 18.9. The summed E-state index contributed by atoms with van der Waals surface area (Å²) in [4.78, 5) is 17.0. The molecule has 2 heterocycles. The van der Waals surface area contributed by atoms with E-state index >= 15 is 0 Å². The minimum absolute atomic E-state index is 0.166. The number of methoxy groups -OCH3 is 2. The fraction of sp³-hybridized carbons (Fsp3) is 0.240. The molecule has 1 aliphatic rings. The Hall–Kier alpha value is -3.52. The van der Waals surface area contributed by atoms with Gasteiger partial charge in [-0.05, 0) is 47.7 Å². The number of rotatable bonds is 6. The maximum atomic E-state index is 12.0. The second-order valence-corrected chi connectivity index (χ2v) is 8.71. The second kappa shape index (κ2) is 8.44. The lowest BCUT2D eigenvalue weighted by molar-refractivity contribution is -0.114. The highest BCUT2D eigenvalue weighted by molar-refractivity contribution is 7.98. The number of carbonyl (C=O) groups excluding carboxylic acids is 1. The number of anilines is 1. The first kappa shape index (κ1) is 21.3.